The van der Waals surface area contributed by atoms with Crippen LogP contribution in [-0.2, 0) is 4.79 Å². The van der Waals surface area contributed by atoms with Crippen LogP contribution in [0.15, 0.2) is 46.0 Å². The maximum atomic E-state index is 12.3. The minimum Gasteiger partial charge on any atom is -0.503 e. The first kappa shape index (κ1) is 15.2. The lowest BCUT2D eigenvalue weighted by atomic mass is 10.3. The van der Waals surface area contributed by atoms with E-state index in [1.54, 1.807) is 0 Å². The van der Waals surface area contributed by atoms with Crippen LogP contribution in [0.3, 0.4) is 0 Å². The summed E-state index contributed by atoms with van der Waals surface area (Å²) in [4.78, 5) is 11.0. The first-order valence-electron chi connectivity index (χ1n) is 4.90. The van der Waals surface area contributed by atoms with Gasteiger partial charge >= 0.3 is 6.18 Å². The molecule has 0 amide bonds. The van der Waals surface area contributed by atoms with Gasteiger partial charge in [-0.15, -0.1) is 5.11 Å². The first-order chi connectivity index (χ1) is 8.71. The Morgan fingerprint density at radius 2 is 1.79 bits per heavy atom. The van der Waals surface area contributed by atoms with Crippen molar-refractivity contribution in [1.29, 1.82) is 0 Å². The molecule has 0 aliphatic carbocycles. The van der Waals surface area contributed by atoms with E-state index in [2.05, 4.69) is 10.2 Å². The van der Waals surface area contributed by atoms with Gasteiger partial charge in [-0.05, 0) is 24.3 Å². The van der Waals surface area contributed by atoms with Crippen LogP contribution in [0.5, 0.6) is 0 Å². The molecule has 1 rings (SSSR count). The highest BCUT2D eigenvalue weighted by Gasteiger charge is 2.38. The largest absolute Gasteiger partial charge is 0.503 e. The zero-order valence-corrected chi connectivity index (χ0v) is 10.3. The van der Waals surface area contributed by atoms with E-state index < -0.39 is 23.4 Å². The summed E-state index contributed by atoms with van der Waals surface area (Å²) >= 11 is 5.61. The third-order valence-electron chi connectivity index (χ3n) is 1.92. The molecule has 19 heavy (non-hydrogen) atoms. The topological polar surface area (TPSA) is 62.0 Å². The van der Waals surface area contributed by atoms with E-state index in [-0.39, 0.29) is 5.69 Å². The number of benzene rings is 1. The van der Waals surface area contributed by atoms with Crippen LogP contribution >= 0.6 is 11.6 Å². The number of carbonyl (C=O) groups excluding carboxylic acids is 1. The van der Waals surface area contributed by atoms with Crippen LogP contribution in [-0.4, -0.2) is 17.1 Å². The molecule has 0 aliphatic rings. The van der Waals surface area contributed by atoms with E-state index in [0.717, 1.165) is 6.92 Å². The number of alkyl halides is 3. The lowest BCUT2D eigenvalue weighted by Crippen LogP contribution is -2.16. The summed E-state index contributed by atoms with van der Waals surface area (Å²) < 4.78 is 36.8. The summed E-state index contributed by atoms with van der Waals surface area (Å²) in [5.41, 5.74) is -0.958. The number of hydrogen-bond donors (Lipinski definition) is 1. The van der Waals surface area contributed by atoms with Crippen LogP contribution in [0.4, 0.5) is 18.9 Å². The summed E-state index contributed by atoms with van der Waals surface area (Å²) in [5, 5.41) is 15.9. The lowest BCUT2D eigenvalue weighted by Gasteiger charge is -2.06. The van der Waals surface area contributed by atoms with Crippen LogP contribution in [0, 0.1) is 0 Å². The number of ketones is 1. The van der Waals surface area contributed by atoms with Gasteiger partial charge in [0.15, 0.2) is 11.5 Å². The summed E-state index contributed by atoms with van der Waals surface area (Å²) in [7, 11) is 0. The average Bonchev–Trinajstić information content (AvgIpc) is 2.30. The van der Waals surface area contributed by atoms with Crippen molar-refractivity contribution in [3.8, 4) is 0 Å². The molecule has 0 bridgehead atoms. The second-order valence-electron chi connectivity index (χ2n) is 3.43. The van der Waals surface area contributed by atoms with Crippen molar-refractivity contribution in [3.05, 3.63) is 40.7 Å². The quantitative estimate of drug-likeness (QED) is 0.511. The fraction of sp³-hybridized carbons (Fsp3) is 0.182. The number of rotatable bonds is 3. The van der Waals surface area contributed by atoms with Gasteiger partial charge in [-0.1, -0.05) is 11.6 Å². The molecular weight excluding hydrogens is 285 g/mol. The Morgan fingerprint density at radius 1 is 1.26 bits per heavy atom. The van der Waals surface area contributed by atoms with E-state index in [9.17, 15) is 18.0 Å². The van der Waals surface area contributed by atoms with Gasteiger partial charge in [0.05, 0.1) is 5.69 Å². The van der Waals surface area contributed by atoms with Crippen LogP contribution in [0.1, 0.15) is 6.92 Å². The highest BCUT2D eigenvalue weighted by atomic mass is 35.5. The Hall–Kier alpha value is -1.89. The van der Waals surface area contributed by atoms with Crippen molar-refractivity contribution < 1.29 is 23.1 Å². The molecule has 1 N–H and O–H groups in total. The van der Waals surface area contributed by atoms with E-state index in [4.69, 9.17) is 16.7 Å². The number of carbonyl (C=O) groups is 1. The molecule has 0 saturated heterocycles. The number of allylic oxidation sites excluding steroid dienone is 2. The molecule has 0 saturated carbocycles. The minimum atomic E-state index is -5.06. The number of aliphatic hydroxyl groups is 1. The van der Waals surface area contributed by atoms with Gasteiger partial charge in [0.2, 0.25) is 5.76 Å². The molecule has 0 unspecified atom stereocenters. The van der Waals surface area contributed by atoms with Gasteiger partial charge in [-0.25, -0.2) is 0 Å². The summed E-state index contributed by atoms with van der Waals surface area (Å²) in [6, 6.07) is 5.70. The Labute approximate surface area is 111 Å². The van der Waals surface area contributed by atoms with Gasteiger partial charge in [0, 0.05) is 11.9 Å². The van der Waals surface area contributed by atoms with Crippen molar-refractivity contribution in [2.45, 2.75) is 13.1 Å². The van der Waals surface area contributed by atoms with Crippen LogP contribution < -0.4 is 0 Å². The molecule has 8 heteroatoms. The molecule has 1 aromatic carbocycles. The standard InChI is InChI=1S/C11H8ClF3N2O2/c1-6(18)9(10(19)11(13,14)15)17-16-8-4-2-7(12)3-5-8/h2-5,19H,1H3/b10-9-,17-16?. The number of aliphatic hydroxyl groups excluding tert-OH is 1. The highest BCUT2D eigenvalue weighted by Crippen LogP contribution is 2.27. The lowest BCUT2D eigenvalue weighted by molar-refractivity contribution is -0.126. The SMILES string of the molecule is CC(=O)/C(N=Nc1ccc(Cl)cc1)=C(/O)C(F)(F)F. The molecule has 1 aromatic rings. The number of azo groups is 1. The predicted molar refractivity (Wildman–Crippen MR) is 62.4 cm³/mol. The Bertz CT molecular complexity index is 536. The third kappa shape index (κ3) is 4.36. The molecule has 0 aromatic heterocycles. The van der Waals surface area contributed by atoms with Gasteiger partial charge in [-0.2, -0.15) is 18.3 Å². The monoisotopic (exact) mass is 292 g/mol. The Morgan fingerprint density at radius 3 is 2.21 bits per heavy atom. The van der Waals surface area contributed by atoms with Gasteiger partial charge in [0.25, 0.3) is 0 Å². The molecule has 0 spiro atoms. The van der Waals surface area contributed by atoms with Crippen LogP contribution in [0.2, 0.25) is 5.02 Å². The zero-order valence-electron chi connectivity index (χ0n) is 9.57. The second-order valence-corrected chi connectivity index (χ2v) is 3.86. The zero-order chi connectivity index (χ0) is 14.6. The van der Waals surface area contributed by atoms with Gasteiger partial charge in [0.1, 0.15) is 0 Å². The van der Waals surface area contributed by atoms with Crippen LogP contribution in [0.25, 0.3) is 0 Å². The number of halogens is 4. The van der Waals surface area contributed by atoms with Crippen molar-refractivity contribution in [2.24, 2.45) is 10.2 Å². The van der Waals surface area contributed by atoms with Gasteiger partial charge < -0.3 is 5.11 Å². The first-order valence-corrected chi connectivity index (χ1v) is 5.28. The fourth-order valence-corrected chi connectivity index (χ4v) is 1.16. The molecule has 0 aliphatic heterocycles. The fourth-order valence-electron chi connectivity index (χ4n) is 1.03. The maximum Gasteiger partial charge on any atom is 0.451 e. The van der Waals surface area contributed by atoms with E-state index in [1.807, 2.05) is 0 Å². The molecule has 0 radical (unpaired) electrons. The van der Waals surface area contributed by atoms with Crippen molar-refractivity contribution >= 4 is 23.1 Å². The Balaban J connectivity index is 3.11. The summed E-state index contributed by atoms with van der Waals surface area (Å²) in [6.07, 6.45) is -5.06. The highest BCUT2D eigenvalue weighted by molar-refractivity contribution is 6.30. The third-order valence-corrected chi connectivity index (χ3v) is 2.17. The van der Waals surface area contributed by atoms with E-state index >= 15 is 0 Å². The van der Waals surface area contributed by atoms with Crippen molar-refractivity contribution in [3.63, 3.8) is 0 Å². The molecule has 102 valence electrons. The molecule has 4 nitrogen and oxygen atoms in total. The predicted octanol–water partition coefficient (Wildman–Crippen LogP) is 4.34. The Kier molecular flexibility index (Phi) is 4.66. The molecule has 0 heterocycles. The van der Waals surface area contributed by atoms with E-state index in [1.165, 1.54) is 24.3 Å². The van der Waals surface area contributed by atoms with Crippen molar-refractivity contribution in [1.82, 2.24) is 0 Å². The summed E-state index contributed by atoms with van der Waals surface area (Å²) in [5.74, 6) is -3.12. The minimum absolute atomic E-state index is 0.193. The maximum absolute atomic E-state index is 12.3. The average molecular weight is 293 g/mol. The molecule has 0 fully saturated rings. The number of Topliss-reactive ketones (excluding diaryl/α,β-unsaturated/α-hetero) is 1. The normalized spacial score (nSPS) is 13.5. The number of nitrogens with zero attached hydrogens (tertiary/aromatic N) is 2. The van der Waals surface area contributed by atoms with E-state index in [0.29, 0.717) is 5.02 Å². The van der Waals surface area contributed by atoms with Crippen molar-refractivity contribution in [2.75, 3.05) is 0 Å². The smallest absolute Gasteiger partial charge is 0.451 e. The number of hydrogen-bond acceptors (Lipinski definition) is 4. The van der Waals surface area contributed by atoms with Gasteiger partial charge in [-0.3, -0.25) is 4.79 Å². The summed E-state index contributed by atoms with van der Waals surface area (Å²) in [6.45, 7) is 0.845. The second kappa shape index (κ2) is 5.83. The molecular formula is C11H8ClF3N2O2. The molecule has 0 atom stereocenters.